The predicted molar refractivity (Wildman–Crippen MR) is 86.4 cm³/mol. The van der Waals surface area contributed by atoms with E-state index in [1.807, 2.05) is 44.3 Å². The minimum atomic E-state index is -0.199. The molecule has 3 rings (SSSR count). The zero-order valence-electron chi connectivity index (χ0n) is 12.6. The molecule has 1 aromatic heterocycles. The standard InChI is InChI=1S/C18H17N2O2/c1-3-20(2)11-15(12-21)18(22)16-5-4-14(10-17(16)20)13-6-8-19-9-7-13/h4-12H,3H2,1-2H3/q+1. The van der Waals surface area contributed by atoms with Crippen LogP contribution >= 0.6 is 0 Å². The number of quaternary nitrogens is 1. The van der Waals surface area contributed by atoms with Crippen molar-refractivity contribution in [3.05, 3.63) is 60.1 Å². The highest BCUT2D eigenvalue weighted by atomic mass is 16.1. The van der Waals surface area contributed by atoms with E-state index in [9.17, 15) is 9.59 Å². The van der Waals surface area contributed by atoms with Crippen molar-refractivity contribution >= 4 is 17.8 Å². The van der Waals surface area contributed by atoms with E-state index in [2.05, 4.69) is 4.98 Å². The average Bonchev–Trinajstić information content (AvgIpc) is 2.58. The minimum Gasteiger partial charge on any atom is -0.298 e. The second-order valence-electron chi connectivity index (χ2n) is 5.58. The van der Waals surface area contributed by atoms with Crippen molar-refractivity contribution in [3.63, 3.8) is 0 Å². The fourth-order valence-electron chi connectivity index (χ4n) is 2.81. The summed E-state index contributed by atoms with van der Waals surface area (Å²) in [4.78, 5) is 27.6. The monoisotopic (exact) mass is 293 g/mol. The molecule has 4 heteroatoms. The molecule has 1 aliphatic rings. The largest absolute Gasteiger partial charge is 0.298 e. The Morgan fingerprint density at radius 3 is 2.50 bits per heavy atom. The topological polar surface area (TPSA) is 47.0 Å². The van der Waals surface area contributed by atoms with Crippen molar-refractivity contribution in [1.29, 1.82) is 0 Å². The Balaban J connectivity index is 2.20. The number of allylic oxidation sites excluding steroid dienone is 1. The normalized spacial score (nSPS) is 20.3. The number of hydrogen-bond donors (Lipinski definition) is 0. The summed E-state index contributed by atoms with van der Waals surface area (Å²) in [6.45, 7) is 2.80. The predicted octanol–water partition coefficient (Wildman–Crippen LogP) is 2.98. The Bertz CT molecular complexity index is 781. The van der Waals surface area contributed by atoms with Crippen molar-refractivity contribution in [2.45, 2.75) is 6.92 Å². The first-order valence-electron chi connectivity index (χ1n) is 7.22. The van der Waals surface area contributed by atoms with Crippen LogP contribution in [-0.4, -0.2) is 30.6 Å². The van der Waals surface area contributed by atoms with Gasteiger partial charge in [0, 0.05) is 18.5 Å². The van der Waals surface area contributed by atoms with Crippen LogP contribution in [0, 0.1) is 0 Å². The number of nitrogens with zero attached hydrogens (tertiary/aromatic N) is 2. The number of aldehydes is 1. The summed E-state index contributed by atoms with van der Waals surface area (Å²) in [6, 6.07) is 9.64. The van der Waals surface area contributed by atoms with E-state index in [4.69, 9.17) is 0 Å². The molecule has 0 amide bonds. The van der Waals surface area contributed by atoms with Gasteiger partial charge in [-0.1, -0.05) is 6.07 Å². The van der Waals surface area contributed by atoms with Gasteiger partial charge in [-0.3, -0.25) is 19.1 Å². The summed E-state index contributed by atoms with van der Waals surface area (Å²) in [5.41, 5.74) is 3.85. The molecule has 1 aromatic carbocycles. The van der Waals surface area contributed by atoms with E-state index < -0.39 is 0 Å². The number of Topliss-reactive ketones (excluding diaryl/α,β-unsaturated/α-hetero) is 1. The average molecular weight is 293 g/mol. The number of hydrogen-bond acceptors (Lipinski definition) is 3. The number of ketones is 1. The van der Waals surface area contributed by atoms with Gasteiger partial charge in [-0.25, -0.2) is 0 Å². The number of fused-ring (bicyclic) bond motifs is 1. The number of rotatable bonds is 3. The Labute approximate surface area is 129 Å². The SMILES string of the molecule is CC[N+]1(C)C=C(C=O)C(=O)c2ccc(-c3ccncc3)cc21. The molecule has 1 unspecified atom stereocenters. The fourth-order valence-corrected chi connectivity index (χ4v) is 2.81. The van der Waals surface area contributed by atoms with Crippen LogP contribution in [0.15, 0.2) is 54.5 Å². The van der Waals surface area contributed by atoms with Gasteiger partial charge in [0.15, 0.2) is 6.29 Å². The van der Waals surface area contributed by atoms with Gasteiger partial charge in [0.25, 0.3) is 0 Å². The quantitative estimate of drug-likeness (QED) is 0.496. The van der Waals surface area contributed by atoms with Crippen LogP contribution in [0.5, 0.6) is 0 Å². The highest BCUT2D eigenvalue weighted by Gasteiger charge is 2.35. The molecule has 0 spiro atoms. The molecule has 0 bridgehead atoms. The molecule has 4 nitrogen and oxygen atoms in total. The maximum Gasteiger partial charge on any atom is 0.207 e. The highest BCUT2D eigenvalue weighted by Crippen LogP contribution is 2.36. The maximum absolute atomic E-state index is 12.4. The Kier molecular flexibility index (Phi) is 3.47. The third kappa shape index (κ3) is 2.18. The zero-order valence-corrected chi connectivity index (χ0v) is 12.6. The van der Waals surface area contributed by atoms with Crippen LogP contribution in [0.2, 0.25) is 0 Å². The summed E-state index contributed by atoms with van der Waals surface area (Å²) < 4.78 is 0.439. The van der Waals surface area contributed by atoms with Crippen molar-refractivity contribution in [2.75, 3.05) is 13.6 Å². The molecule has 2 heterocycles. The van der Waals surface area contributed by atoms with Crippen LogP contribution in [-0.2, 0) is 4.79 Å². The van der Waals surface area contributed by atoms with Gasteiger partial charge in [-0.2, -0.15) is 0 Å². The van der Waals surface area contributed by atoms with E-state index >= 15 is 0 Å². The Hall–Kier alpha value is -2.59. The van der Waals surface area contributed by atoms with Gasteiger partial charge in [0.2, 0.25) is 5.78 Å². The second kappa shape index (κ2) is 5.31. The molecule has 0 saturated heterocycles. The number of carbonyl (C=O) groups excluding carboxylic acids is 2. The molecule has 110 valence electrons. The second-order valence-corrected chi connectivity index (χ2v) is 5.58. The van der Waals surface area contributed by atoms with Crippen molar-refractivity contribution in [1.82, 2.24) is 9.47 Å². The summed E-state index contributed by atoms with van der Waals surface area (Å²) >= 11 is 0. The molecule has 22 heavy (non-hydrogen) atoms. The first-order chi connectivity index (χ1) is 10.6. The third-order valence-corrected chi connectivity index (χ3v) is 4.28. The third-order valence-electron chi connectivity index (χ3n) is 4.28. The highest BCUT2D eigenvalue weighted by molar-refractivity contribution is 6.23. The van der Waals surface area contributed by atoms with E-state index in [0.717, 1.165) is 23.4 Å². The summed E-state index contributed by atoms with van der Waals surface area (Å²) in [5.74, 6) is -0.199. The van der Waals surface area contributed by atoms with Gasteiger partial charge in [0.1, 0.15) is 17.5 Å². The summed E-state index contributed by atoms with van der Waals surface area (Å²) in [5, 5.41) is 0. The zero-order chi connectivity index (χ0) is 15.7. The van der Waals surface area contributed by atoms with Crippen LogP contribution in [0.1, 0.15) is 17.3 Å². The van der Waals surface area contributed by atoms with Crippen molar-refractivity contribution in [2.24, 2.45) is 0 Å². The van der Waals surface area contributed by atoms with E-state index in [0.29, 0.717) is 16.3 Å². The summed E-state index contributed by atoms with van der Waals surface area (Å²) in [7, 11) is 2.01. The maximum atomic E-state index is 12.4. The van der Waals surface area contributed by atoms with Gasteiger partial charge in [-0.05, 0) is 36.2 Å². The first-order valence-corrected chi connectivity index (χ1v) is 7.22. The smallest absolute Gasteiger partial charge is 0.207 e. The number of aromatic nitrogens is 1. The van der Waals surface area contributed by atoms with Crippen molar-refractivity contribution in [3.8, 4) is 11.1 Å². The minimum absolute atomic E-state index is 0.199. The molecule has 0 aliphatic carbocycles. The first kappa shape index (κ1) is 14.4. The molecule has 0 saturated carbocycles. The lowest BCUT2D eigenvalue weighted by atomic mass is 9.94. The van der Waals surface area contributed by atoms with Gasteiger partial charge >= 0.3 is 0 Å². The van der Waals surface area contributed by atoms with Gasteiger partial charge in [0.05, 0.1) is 19.2 Å². The Morgan fingerprint density at radius 1 is 1.14 bits per heavy atom. The van der Waals surface area contributed by atoms with Crippen molar-refractivity contribution < 1.29 is 9.59 Å². The van der Waals surface area contributed by atoms with Crippen LogP contribution in [0.25, 0.3) is 11.1 Å². The molecule has 2 aromatic rings. The lowest BCUT2D eigenvalue weighted by molar-refractivity contribution is -0.104. The van der Waals surface area contributed by atoms with Gasteiger partial charge < -0.3 is 0 Å². The molecular formula is C18H17N2O2+. The number of benzene rings is 1. The van der Waals surface area contributed by atoms with Gasteiger partial charge in [-0.15, -0.1) is 0 Å². The molecule has 0 radical (unpaired) electrons. The fraction of sp³-hybridized carbons (Fsp3) is 0.167. The van der Waals surface area contributed by atoms with E-state index in [1.165, 1.54) is 0 Å². The number of pyridine rings is 1. The number of carbonyl (C=O) groups is 2. The molecule has 0 fully saturated rings. The van der Waals surface area contributed by atoms with Crippen LogP contribution < -0.4 is 4.48 Å². The molecule has 0 N–H and O–H groups in total. The van der Waals surface area contributed by atoms with Crippen LogP contribution in [0.4, 0.5) is 5.69 Å². The van der Waals surface area contributed by atoms with E-state index in [-0.39, 0.29) is 11.4 Å². The Morgan fingerprint density at radius 2 is 1.86 bits per heavy atom. The lowest BCUT2D eigenvalue weighted by Crippen LogP contribution is -2.43. The lowest BCUT2D eigenvalue weighted by Gasteiger charge is -2.33. The summed E-state index contributed by atoms with van der Waals surface area (Å²) in [6.07, 6.45) is 5.89. The van der Waals surface area contributed by atoms with E-state index in [1.54, 1.807) is 18.6 Å². The molecular weight excluding hydrogens is 276 g/mol. The van der Waals surface area contributed by atoms with Crippen LogP contribution in [0.3, 0.4) is 0 Å². The molecule has 1 atom stereocenters. The molecule has 1 aliphatic heterocycles.